The summed E-state index contributed by atoms with van der Waals surface area (Å²) in [7, 11) is 0. The van der Waals surface area contributed by atoms with Crippen molar-refractivity contribution >= 4 is 6.29 Å². The molecule has 0 amide bonds. The van der Waals surface area contributed by atoms with Gasteiger partial charge in [0.2, 0.25) is 0 Å². The first-order chi connectivity index (χ1) is 7.33. The molecule has 0 aromatic heterocycles. The van der Waals surface area contributed by atoms with Crippen LogP contribution in [0, 0.1) is 17.8 Å². The minimum atomic E-state index is 0.599. The van der Waals surface area contributed by atoms with E-state index in [0.29, 0.717) is 11.8 Å². The van der Waals surface area contributed by atoms with Crippen LogP contribution in [0.3, 0.4) is 0 Å². The monoisotopic (exact) mass is 202 g/mol. The van der Waals surface area contributed by atoms with Crippen molar-refractivity contribution in [3.63, 3.8) is 0 Å². The molecule has 2 rings (SSSR count). The van der Waals surface area contributed by atoms with Crippen molar-refractivity contribution < 1.29 is 4.79 Å². The zero-order valence-corrected chi connectivity index (χ0v) is 9.23. The second-order valence-corrected chi connectivity index (χ2v) is 4.54. The van der Waals surface area contributed by atoms with Crippen molar-refractivity contribution in [3.05, 3.63) is 36.0 Å². The number of fused-ring (bicyclic) bond motifs is 2. The van der Waals surface area contributed by atoms with Crippen LogP contribution in [-0.4, -0.2) is 6.29 Å². The summed E-state index contributed by atoms with van der Waals surface area (Å²) >= 11 is 0. The average Bonchev–Trinajstić information content (AvgIpc) is 2.85. The minimum Gasteiger partial charge on any atom is -0.298 e. The van der Waals surface area contributed by atoms with Gasteiger partial charge in [-0.1, -0.05) is 37.3 Å². The van der Waals surface area contributed by atoms with E-state index in [4.69, 9.17) is 0 Å². The zero-order chi connectivity index (χ0) is 10.7. The second kappa shape index (κ2) is 4.61. The lowest BCUT2D eigenvalue weighted by Gasteiger charge is -2.13. The molecule has 0 spiro atoms. The van der Waals surface area contributed by atoms with Gasteiger partial charge >= 0.3 is 0 Å². The molecule has 0 aromatic carbocycles. The van der Waals surface area contributed by atoms with E-state index in [1.807, 2.05) is 12.2 Å². The van der Waals surface area contributed by atoms with E-state index in [1.165, 1.54) is 12.8 Å². The van der Waals surface area contributed by atoms with E-state index < -0.39 is 0 Å². The summed E-state index contributed by atoms with van der Waals surface area (Å²) in [4.78, 5) is 10.9. The first-order valence-electron chi connectivity index (χ1n) is 5.85. The predicted octanol–water partition coefficient (Wildman–Crippen LogP) is 3.29. The maximum absolute atomic E-state index is 10.9. The van der Waals surface area contributed by atoms with E-state index in [0.717, 1.165) is 24.2 Å². The van der Waals surface area contributed by atoms with E-state index in [9.17, 15) is 4.79 Å². The Morgan fingerprint density at radius 2 is 2.27 bits per heavy atom. The zero-order valence-electron chi connectivity index (χ0n) is 9.23. The third kappa shape index (κ3) is 2.28. The standard InChI is InChI=1S/C14H18O/c1-2-3-4-12(10-15)9-14-8-11-5-6-13(14)7-11/h3-6,9-11,13-14H,2,7-8H2,1H3/b4-3+,12-9+/t11-,13-,14+/m0/s1. The Kier molecular flexibility index (Phi) is 3.20. The van der Waals surface area contributed by atoms with Gasteiger partial charge in [0.05, 0.1) is 0 Å². The molecular weight excluding hydrogens is 184 g/mol. The molecule has 0 N–H and O–H groups in total. The lowest BCUT2D eigenvalue weighted by molar-refractivity contribution is -0.104. The van der Waals surface area contributed by atoms with Crippen LogP contribution in [0.1, 0.15) is 26.2 Å². The van der Waals surface area contributed by atoms with Gasteiger partial charge in [0, 0.05) is 5.57 Å². The van der Waals surface area contributed by atoms with Gasteiger partial charge in [-0.05, 0) is 37.0 Å². The van der Waals surface area contributed by atoms with Crippen molar-refractivity contribution in [3.8, 4) is 0 Å². The topological polar surface area (TPSA) is 17.1 Å². The van der Waals surface area contributed by atoms with E-state index >= 15 is 0 Å². The van der Waals surface area contributed by atoms with Crippen molar-refractivity contribution in [1.29, 1.82) is 0 Å². The molecule has 0 unspecified atom stereocenters. The van der Waals surface area contributed by atoms with Gasteiger partial charge < -0.3 is 0 Å². The summed E-state index contributed by atoms with van der Waals surface area (Å²) in [5, 5.41) is 0. The van der Waals surface area contributed by atoms with Gasteiger partial charge in [0.15, 0.2) is 0 Å². The SMILES string of the molecule is CC/C=C/C(C=O)=C\[C@H]1C[C@H]2C=C[C@H]1C2. The molecule has 0 radical (unpaired) electrons. The minimum absolute atomic E-state index is 0.599. The summed E-state index contributed by atoms with van der Waals surface area (Å²) in [5.74, 6) is 2.07. The Balaban J connectivity index is 2.05. The molecule has 80 valence electrons. The normalized spacial score (nSPS) is 34.2. The molecule has 1 heteroatoms. The molecule has 15 heavy (non-hydrogen) atoms. The van der Waals surface area contributed by atoms with Crippen LogP contribution in [-0.2, 0) is 4.79 Å². The smallest absolute Gasteiger partial charge is 0.149 e. The van der Waals surface area contributed by atoms with Crippen LogP contribution in [0.15, 0.2) is 36.0 Å². The highest BCUT2D eigenvalue weighted by Crippen LogP contribution is 2.44. The van der Waals surface area contributed by atoms with Crippen molar-refractivity contribution in [2.75, 3.05) is 0 Å². The largest absolute Gasteiger partial charge is 0.298 e. The number of hydrogen-bond acceptors (Lipinski definition) is 1. The van der Waals surface area contributed by atoms with E-state index in [1.54, 1.807) is 0 Å². The van der Waals surface area contributed by atoms with Gasteiger partial charge in [0.25, 0.3) is 0 Å². The molecule has 1 saturated carbocycles. The van der Waals surface area contributed by atoms with Gasteiger partial charge in [0.1, 0.15) is 6.29 Å². The Labute approximate surface area is 91.6 Å². The summed E-state index contributed by atoms with van der Waals surface area (Å²) in [5.41, 5.74) is 0.850. The maximum atomic E-state index is 10.9. The summed E-state index contributed by atoms with van der Waals surface area (Å²) in [6.07, 6.45) is 15.3. The lowest BCUT2D eigenvalue weighted by atomic mass is 9.91. The fourth-order valence-electron chi connectivity index (χ4n) is 2.65. The maximum Gasteiger partial charge on any atom is 0.149 e. The fourth-order valence-corrected chi connectivity index (χ4v) is 2.65. The third-order valence-corrected chi connectivity index (χ3v) is 3.42. The van der Waals surface area contributed by atoms with Gasteiger partial charge in [-0.15, -0.1) is 0 Å². The number of carbonyl (C=O) groups is 1. The Bertz CT molecular complexity index is 322. The molecule has 0 saturated heterocycles. The number of aldehydes is 1. The van der Waals surface area contributed by atoms with E-state index in [2.05, 4.69) is 25.2 Å². The molecule has 0 aromatic rings. The third-order valence-electron chi connectivity index (χ3n) is 3.42. The predicted molar refractivity (Wildman–Crippen MR) is 62.4 cm³/mol. The highest BCUT2D eigenvalue weighted by Gasteiger charge is 2.34. The second-order valence-electron chi connectivity index (χ2n) is 4.54. The molecule has 1 fully saturated rings. The van der Waals surface area contributed by atoms with Crippen molar-refractivity contribution in [1.82, 2.24) is 0 Å². The Morgan fingerprint density at radius 3 is 2.80 bits per heavy atom. The molecule has 1 nitrogen and oxygen atoms in total. The Hall–Kier alpha value is -1.11. The number of allylic oxidation sites excluding steroid dienone is 6. The molecule has 2 bridgehead atoms. The summed E-state index contributed by atoms with van der Waals surface area (Å²) in [6.45, 7) is 2.08. The average molecular weight is 202 g/mol. The fraction of sp³-hybridized carbons (Fsp3) is 0.500. The quantitative estimate of drug-likeness (QED) is 0.296. The van der Waals surface area contributed by atoms with Crippen LogP contribution in [0.4, 0.5) is 0 Å². The molecule has 2 aliphatic carbocycles. The lowest BCUT2D eigenvalue weighted by Crippen LogP contribution is -2.04. The first-order valence-corrected chi connectivity index (χ1v) is 5.85. The van der Waals surface area contributed by atoms with Gasteiger partial charge in [-0.25, -0.2) is 0 Å². The molecule has 0 heterocycles. The van der Waals surface area contributed by atoms with Crippen LogP contribution >= 0.6 is 0 Å². The van der Waals surface area contributed by atoms with Crippen molar-refractivity contribution in [2.45, 2.75) is 26.2 Å². The number of carbonyl (C=O) groups excluding carboxylic acids is 1. The molecule has 0 aliphatic heterocycles. The Morgan fingerprint density at radius 1 is 1.40 bits per heavy atom. The highest BCUT2D eigenvalue weighted by atomic mass is 16.1. The summed E-state index contributed by atoms with van der Waals surface area (Å²) < 4.78 is 0. The first kappa shape index (κ1) is 10.4. The number of rotatable bonds is 4. The molecule has 2 aliphatic rings. The van der Waals surface area contributed by atoms with Crippen LogP contribution in [0.25, 0.3) is 0 Å². The molecule has 3 atom stereocenters. The molecular formula is C14H18O. The van der Waals surface area contributed by atoms with E-state index in [-0.39, 0.29) is 0 Å². The van der Waals surface area contributed by atoms with Crippen LogP contribution in [0.2, 0.25) is 0 Å². The van der Waals surface area contributed by atoms with Gasteiger partial charge in [-0.3, -0.25) is 4.79 Å². The van der Waals surface area contributed by atoms with Gasteiger partial charge in [-0.2, -0.15) is 0 Å². The highest BCUT2D eigenvalue weighted by molar-refractivity contribution is 5.77. The number of hydrogen-bond donors (Lipinski definition) is 0. The van der Waals surface area contributed by atoms with Crippen molar-refractivity contribution in [2.24, 2.45) is 17.8 Å². The van der Waals surface area contributed by atoms with Crippen LogP contribution in [0.5, 0.6) is 0 Å². The summed E-state index contributed by atoms with van der Waals surface area (Å²) in [6, 6.07) is 0. The van der Waals surface area contributed by atoms with Crippen LogP contribution < -0.4 is 0 Å².